The summed E-state index contributed by atoms with van der Waals surface area (Å²) in [5.74, 6) is -2.05. The highest BCUT2D eigenvalue weighted by molar-refractivity contribution is 5.87. The van der Waals surface area contributed by atoms with E-state index in [1.165, 1.54) is 4.90 Å². The van der Waals surface area contributed by atoms with Crippen LogP contribution in [-0.4, -0.2) is 60.3 Å². The molecule has 1 aliphatic heterocycles. The van der Waals surface area contributed by atoms with Gasteiger partial charge in [0.05, 0.1) is 12.5 Å². The van der Waals surface area contributed by atoms with Gasteiger partial charge in [-0.15, -0.1) is 0 Å². The predicted octanol–water partition coefficient (Wildman–Crippen LogP) is -0.865. The summed E-state index contributed by atoms with van der Waals surface area (Å²) < 4.78 is 5.18. The molecule has 1 unspecified atom stereocenters. The minimum absolute atomic E-state index is 0.130. The standard InChI is InChI=1S/C11H19N3O5/c1-19-7-2-4-14(5-3-7)11(18)13-8(10(16)17)6-9(12)15/h7-8H,2-6H2,1H3,(H2,12,15)(H,13,18)(H,16,17). The van der Waals surface area contributed by atoms with Gasteiger partial charge in [0.15, 0.2) is 0 Å². The van der Waals surface area contributed by atoms with Crippen molar-refractivity contribution in [2.75, 3.05) is 20.2 Å². The van der Waals surface area contributed by atoms with Crippen molar-refractivity contribution in [3.05, 3.63) is 0 Å². The molecule has 1 fully saturated rings. The average Bonchev–Trinajstić information content (AvgIpc) is 2.37. The maximum atomic E-state index is 11.8. The highest BCUT2D eigenvalue weighted by Crippen LogP contribution is 2.12. The Bertz CT molecular complexity index is 352. The molecule has 19 heavy (non-hydrogen) atoms. The number of amides is 3. The van der Waals surface area contributed by atoms with Gasteiger partial charge >= 0.3 is 12.0 Å². The Morgan fingerprint density at radius 3 is 2.42 bits per heavy atom. The van der Waals surface area contributed by atoms with Crippen molar-refractivity contribution < 1.29 is 24.2 Å². The fourth-order valence-corrected chi connectivity index (χ4v) is 1.94. The topological polar surface area (TPSA) is 122 Å². The summed E-state index contributed by atoms with van der Waals surface area (Å²) in [4.78, 5) is 35.0. The van der Waals surface area contributed by atoms with Crippen molar-refractivity contribution in [2.24, 2.45) is 5.73 Å². The zero-order valence-corrected chi connectivity index (χ0v) is 10.8. The van der Waals surface area contributed by atoms with E-state index >= 15 is 0 Å². The first-order chi connectivity index (χ1) is 8.93. The van der Waals surface area contributed by atoms with E-state index in [1.807, 2.05) is 0 Å². The van der Waals surface area contributed by atoms with E-state index in [2.05, 4.69) is 5.32 Å². The molecule has 1 aliphatic rings. The number of carbonyl (C=O) groups is 3. The third-order valence-corrected chi connectivity index (χ3v) is 3.06. The van der Waals surface area contributed by atoms with Crippen LogP contribution in [0.15, 0.2) is 0 Å². The van der Waals surface area contributed by atoms with Crippen LogP contribution in [0.1, 0.15) is 19.3 Å². The lowest BCUT2D eigenvalue weighted by atomic mass is 10.1. The van der Waals surface area contributed by atoms with E-state index < -0.39 is 30.4 Å². The molecule has 4 N–H and O–H groups in total. The molecule has 0 aromatic rings. The SMILES string of the molecule is COC1CCN(C(=O)NC(CC(N)=O)C(=O)O)CC1. The molecule has 3 amide bonds. The second-order valence-corrected chi connectivity index (χ2v) is 4.43. The highest BCUT2D eigenvalue weighted by atomic mass is 16.5. The van der Waals surface area contributed by atoms with E-state index in [0.717, 1.165) is 0 Å². The van der Waals surface area contributed by atoms with Crippen molar-refractivity contribution in [2.45, 2.75) is 31.4 Å². The molecule has 8 heteroatoms. The number of hydrogen-bond acceptors (Lipinski definition) is 4. The van der Waals surface area contributed by atoms with Gasteiger partial charge in [-0.3, -0.25) is 4.79 Å². The Kier molecular flexibility index (Phi) is 5.56. The van der Waals surface area contributed by atoms with E-state index in [9.17, 15) is 14.4 Å². The molecule has 0 bridgehead atoms. The summed E-state index contributed by atoms with van der Waals surface area (Å²) in [6, 6.07) is -1.78. The number of hydrogen-bond donors (Lipinski definition) is 3. The average molecular weight is 273 g/mol. The molecule has 1 rings (SSSR count). The van der Waals surface area contributed by atoms with Gasteiger partial charge < -0.3 is 25.8 Å². The number of likely N-dealkylation sites (tertiary alicyclic amines) is 1. The lowest BCUT2D eigenvalue weighted by molar-refractivity contribution is -0.141. The van der Waals surface area contributed by atoms with Crippen molar-refractivity contribution >= 4 is 17.9 Å². The largest absolute Gasteiger partial charge is 0.480 e. The zero-order chi connectivity index (χ0) is 14.4. The number of urea groups is 1. The summed E-state index contributed by atoms with van der Waals surface area (Å²) >= 11 is 0. The van der Waals surface area contributed by atoms with E-state index in [0.29, 0.717) is 25.9 Å². The first-order valence-electron chi connectivity index (χ1n) is 6.03. The molecule has 8 nitrogen and oxygen atoms in total. The Morgan fingerprint density at radius 1 is 1.42 bits per heavy atom. The molecule has 0 saturated carbocycles. The zero-order valence-electron chi connectivity index (χ0n) is 10.8. The van der Waals surface area contributed by atoms with Crippen molar-refractivity contribution in [3.63, 3.8) is 0 Å². The molecule has 0 aromatic heterocycles. The number of carboxylic acids is 1. The number of nitrogens with zero attached hydrogens (tertiary/aromatic N) is 1. The normalized spacial score (nSPS) is 17.8. The highest BCUT2D eigenvalue weighted by Gasteiger charge is 2.27. The van der Waals surface area contributed by atoms with Crippen LogP contribution in [0.4, 0.5) is 4.79 Å². The van der Waals surface area contributed by atoms with E-state index in [1.54, 1.807) is 7.11 Å². The second-order valence-electron chi connectivity index (χ2n) is 4.43. The summed E-state index contributed by atoms with van der Waals surface area (Å²) in [6.07, 6.45) is 1.12. The van der Waals surface area contributed by atoms with E-state index in [4.69, 9.17) is 15.6 Å². The van der Waals surface area contributed by atoms with Crippen LogP contribution in [0.25, 0.3) is 0 Å². The molecular weight excluding hydrogens is 254 g/mol. The van der Waals surface area contributed by atoms with Crippen LogP contribution in [0, 0.1) is 0 Å². The maximum Gasteiger partial charge on any atom is 0.326 e. The smallest absolute Gasteiger partial charge is 0.326 e. The quantitative estimate of drug-likeness (QED) is 0.601. The number of piperidine rings is 1. The number of carboxylic acid groups (broad SMARTS) is 1. The Hall–Kier alpha value is -1.83. The van der Waals surface area contributed by atoms with Gasteiger partial charge in [0.1, 0.15) is 6.04 Å². The van der Waals surface area contributed by atoms with Crippen molar-refractivity contribution in [3.8, 4) is 0 Å². The number of nitrogens with two attached hydrogens (primary N) is 1. The maximum absolute atomic E-state index is 11.8. The lowest BCUT2D eigenvalue weighted by Crippen LogP contribution is -2.51. The first-order valence-corrected chi connectivity index (χ1v) is 6.03. The van der Waals surface area contributed by atoms with Gasteiger partial charge in [-0.2, -0.15) is 0 Å². The summed E-state index contributed by atoms with van der Waals surface area (Å²) in [6.45, 7) is 0.987. The fourth-order valence-electron chi connectivity index (χ4n) is 1.94. The predicted molar refractivity (Wildman–Crippen MR) is 65.4 cm³/mol. The number of rotatable bonds is 5. The third-order valence-electron chi connectivity index (χ3n) is 3.06. The Morgan fingerprint density at radius 2 is 2.00 bits per heavy atom. The number of ether oxygens (including phenoxy) is 1. The first kappa shape index (κ1) is 15.2. The van der Waals surface area contributed by atoms with Crippen molar-refractivity contribution in [1.29, 1.82) is 0 Å². The minimum Gasteiger partial charge on any atom is -0.480 e. The van der Waals surface area contributed by atoms with Crippen LogP contribution >= 0.6 is 0 Å². The second kappa shape index (κ2) is 6.93. The van der Waals surface area contributed by atoms with Crippen LogP contribution in [0.5, 0.6) is 0 Å². The number of primary amides is 1. The number of methoxy groups -OCH3 is 1. The summed E-state index contributed by atoms with van der Waals surface area (Å²) in [7, 11) is 1.62. The monoisotopic (exact) mass is 273 g/mol. The van der Waals surface area contributed by atoms with Crippen molar-refractivity contribution in [1.82, 2.24) is 10.2 Å². The van der Waals surface area contributed by atoms with Gasteiger partial charge in [0.25, 0.3) is 0 Å². The minimum atomic E-state index is -1.29. The molecule has 1 saturated heterocycles. The van der Waals surface area contributed by atoms with Gasteiger partial charge in [-0.1, -0.05) is 0 Å². The molecule has 0 aromatic carbocycles. The molecule has 108 valence electrons. The molecule has 0 radical (unpaired) electrons. The van der Waals surface area contributed by atoms with E-state index in [-0.39, 0.29) is 6.10 Å². The van der Waals surface area contributed by atoms with Gasteiger partial charge in [-0.05, 0) is 12.8 Å². The molecule has 0 spiro atoms. The third kappa shape index (κ3) is 4.74. The molecular formula is C11H19N3O5. The van der Waals surface area contributed by atoms with Gasteiger partial charge in [-0.25, -0.2) is 9.59 Å². The number of aliphatic carboxylic acids is 1. The van der Waals surface area contributed by atoms with Crippen LogP contribution < -0.4 is 11.1 Å². The lowest BCUT2D eigenvalue weighted by Gasteiger charge is -2.32. The molecule has 0 aliphatic carbocycles. The Balaban J connectivity index is 2.48. The number of carbonyl (C=O) groups excluding carboxylic acids is 2. The van der Waals surface area contributed by atoms with Crippen LogP contribution in [0.3, 0.4) is 0 Å². The summed E-state index contributed by atoms with van der Waals surface area (Å²) in [5, 5.41) is 11.2. The molecule has 1 atom stereocenters. The Labute approximate surface area is 110 Å². The summed E-state index contributed by atoms with van der Waals surface area (Å²) in [5.41, 5.74) is 4.94. The molecule has 1 heterocycles. The fraction of sp³-hybridized carbons (Fsp3) is 0.727. The van der Waals surface area contributed by atoms with Crippen LogP contribution in [-0.2, 0) is 14.3 Å². The number of nitrogens with one attached hydrogen (secondary N) is 1. The van der Waals surface area contributed by atoms with Gasteiger partial charge in [0, 0.05) is 20.2 Å². The van der Waals surface area contributed by atoms with Gasteiger partial charge in [0.2, 0.25) is 5.91 Å². The van der Waals surface area contributed by atoms with Crippen LogP contribution in [0.2, 0.25) is 0 Å².